The van der Waals surface area contributed by atoms with Gasteiger partial charge in [-0.2, -0.15) is 0 Å². The summed E-state index contributed by atoms with van der Waals surface area (Å²) in [5.41, 5.74) is 2.07. The first-order chi connectivity index (χ1) is 11.7. The van der Waals surface area contributed by atoms with Gasteiger partial charge in [0, 0.05) is 0 Å². The average Bonchev–Trinajstić information content (AvgIpc) is 3.06. The number of halogens is 1. The molecule has 0 fully saturated rings. The Morgan fingerprint density at radius 1 is 1.04 bits per heavy atom. The summed E-state index contributed by atoms with van der Waals surface area (Å²) in [5.74, 6) is -0.388. The molecular weight excluding hydrogens is 309 g/mol. The third-order valence-electron chi connectivity index (χ3n) is 3.71. The smallest absolute Gasteiger partial charge is 0.269 e. The van der Waals surface area contributed by atoms with E-state index in [1.54, 1.807) is 29.0 Å². The third kappa shape index (κ3) is 2.45. The summed E-state index contributed by atoms with van der Waals surface area (Å²) in [5, 5.41) is 7.99. The van der Waals surface area contributed by atoms with Gasteiger partial charge in [0.05, 0.1) is 30.0 Å². The second-order valence-corrected chi connectivity index (χ2v) is 5.28. The lowest BCUT2D eigenvalue weighted by atomic mass is 10.3. The SMILES string of the molecule is O=c1cnc2ccccc2n1Cc1cn(-c2ccccc2F)nn1. The van der Waals surface area contributed by atoms with Gasteiger partial charge in [-0.25, -0.2) is 14.1 Å². The van der Waals surface area contributed by atoms with Crippen LogP contribution in [0.1, 0.15) is 5.69 Å². The minimum absolute atomic E-state index is 0.228. The van der Waals surface area contributed by atoms with Gasteiger partial charge >= 0.3 is 0 Å². The Kier molecular flexibility index (Phi) is 3.38. The summed E-state index contributed by atoms with van der Waals surface area (Å²) in [6, 6.07) is 13.7. The first-order valence-corrected chi connectivity index (χ1v) is 7.33. The molecule has 0 saturated heterocycles. The molecule has 2 aromatic carbocycles. The second-order valence-electron chi connectivity index (χ2n) is 5.28. The standard InChI is InChI=1S/C17H12FN5O/c18-13-5-1-3-7-15(13)23-11-12(20-21-23)10-22-16-8-4-2-6-14(16)19-9-17(22)24/h1-9,11H,10H2. The van der Waals surface area contributed by atoms with Crippen molar-refractivity contribution in [3.63, 3.8) is 0 Å². The van der Waals surface area contributed by atoms with E-state index in [9.17, 15) is 9.18 Å². The number of para-hydroxylation sites is 3. The highest BCUT2D eigenvalue weighted by Crippen LogP contribution is 2.13. The van der Waals surface area contributed by atoms with Gasteiger partial charge in [0.2, 0.25) is 0 Å². The minimum atomic E-state index is -0.388. The van der Waals surface area contributed by atoms with Gasteiger partial charge < -0.3 is 0 Å². The number of hydrogen-bond donors (Lipinski definition) is 0. The van der Waals surface area contributed by atoms with Crippen LogP contribution in [0.15, 0.2) is 65.7 Å². The Balaban J connectivity index is 1.74. The molecule has 118 valence electrons. The van der Waals surface area contributed by atoms with Crippen molar-refractivity contribution in [1.82, 2.24) is 24.5 Å². The maximum absolute atomic E-state index is 13.8. The maximum atomic E-state index is 13.8. The van der Waals surface area contributed by atoms with Gasteiger partial charge in [-0.3, -0.25) is 9.36 Å². The third-order valence-corrected chi connectivity index (χ3v) is 3.71. The van der Waals surface area contributed by atoms with Crippen molar-refractivity contribution in [1.29, 1.82) is 0 Å². The second kappa shape index (κ2) is 5.69. The predicted molar refractivity (Wildman–Crippen MR) is 86.4 cm³/mol. The normalized spacial score (nSPS) is 11.0. The molecule has 0 atom stereocenters. The van der Waals surface area contributed by atoms with Crippen molar-refractivity contribution in [2.75, 3.05) is 0 Å². The molecule has 24 heavy (non-hydrogen) atoms. The van der Waals surface area contributed by atoms with Gasteiger partial charge in [0.1, 0.15) is 17.2 Å². The molecule has 0 aliphatic heterocycles. The Morgan fingerprint density at radius 3 is 2.71 bits per heavy atom. The zero-order valence-corrected chi connectivity index (χ0v) is 12.5. The first kappa shape index (κ1) is 14.3. The molecular formula is C17H12FN5O. The number of benzene rings is 2. The fourth-order valence-corrected chi connectivity index (χ4v) is 2.57. The molecule has 6 nitrogen and oxygen atoms in total. The van der Waals surface area contributed by atoms with Crippen LogP contribution in [0.5, 0.6) is 0 Å². The molecule has 0 aliphatic carbocycles. The molecule has 0 radical (unpaired) electrons. The Bertz CT molecular complexity index is 1090. The fourth-order valence-electron chi connectivity index (χ4n) is 2.57. The van der Waals surface area contributed by atoms with E-state index in [4.69, 9.17) is 0 Å². The molecule has 0 unspecified atom stereocenters. The highest BCUT2D eigenvalue weighted by Gasteiger charge is 2.10. The number of hydrogen-bond acceptors (Lipinski definition) is 4. The number of nitrogens with zero attached hydrogens (tertiary/aromatic N) is 5. The lowest BCUT2D eigenvalue weighted by Gasteiger charge is -2.07. The van der Waals surface area contributed by atoms with Crippen LogP contribution >= 0.6 is 0 Å². The van der Waals surface area contributed by atoms with E-state index in [0.29, 0.717) is 16.9 Å². The summed E-state index contributed by atoms with van der Waals surface area (Å²) in [6.45, 7) is 0.232. The summed E-state index contributed by atoms with van der Waals surface area (Å²) in [7, 11) is 0. The van der Waals surface area contributed by atoms with E-state index in [2.05, 4.69) is 15.3 Å². The van der Waals surface area contributed by atoms with Crippen LogP contribution < -0.4 is 5.56 Å². The zero-order chi connectivity index (χ0) is 16.5. The molecule has 0 bridgehead atoms. The molecule has 7 heteroatoms. The largest absolute Gasteiger partial charge is 0.299 e. The highest BCUT2D eigenvalue weighted by atomic mass is 19.1. The van der Waals surface area contributed by atoms with Crippen molar-refractivity contribution >= 4 is 11.0 Å². The highest BCUT2D eigenvalue weighted by molar-refractivity contribution is 5.74. The molecule has 4 aromatic rings. The van der Waals surface area contributed by atoms with E-state index in [-0.39, 0.29) is 17.9 Å². The van der Waals surface area contributed by atoms with Crippen LogP contribution in [0.25, 0.3) is 16.7 Å². The van der Waals surface area contributed by atoms with E-state index in [1.165, 1.54) is 16.9 Å². The summed E-state index contributed by atoms with van der Waals surface area (Å²) in [4.78, 5) is 16.3. The molecule has 0 spiro atoms. The van der Waals surface area contributed by atoms with E-state index < -0.39 is 0 Å². The van der Waals surface area contributed by atoms with Crippen LogP contribution in [0.2, 0.25) is 0 Å². The molecule has 0 amide bonds. The molecule has 2 heterocycles. The lowest BCUT2D eigenvalue weighted by molar-refractivity contribution is 0.607. The number of rotatable bonds is 3. The van der Waals surface area contributed by atoms with Crippen LogP contribution in [0.3, 0.4) is 0 Å². The summed E-state index contributed by atoms with van der Waals surface area (Å²) < 4.78 is 16.8. The molecule has 0 saturated carbocycles. The minimum Gasteiger partial charge on any atom is -0.299 e. The lowest BCUT2D eigenvalue weighted by Crippen LogP contribution is -2.21. The van der Waals surface area contributed by atoms with Crippen molar-refractivity contribution in [3.05, 3.63) is 82.8 Å². The number of fused-ring (bicyclic) bond motifs is 1. The quantitative estimate of drug-likeness (QED) is 0.580. The Hall–Kier alpha value is -3.35. The predicted octanol–water partition coefficient (Wildman–Crippen LogP) is 2.16. The monoisotopic (exact) mass is 321 g/mol. The number of aromatic nitrogens is 5. The van der Waals surface area contributed by atoms with Gasteiger partial charge in [0.25, 0.3) is 5.56 Å². The van der Waals surface area contributed by atoms with Crippen molar-refractivity contribution in [3.8, 4) is 5.69 Å². The Morgan fingerprint density at radius 2 is 1.83 bits per heavy atom. The maximum Gasteiger partial charge on any atom is 0.269 e. The molecule has 0 aliphatic rings. The van der Waals surface area contributed by atoms with Crippen molar-refractivity contribution in [2.45, 2.75) is 6.54 Å². The van der Waals surface area contributed by atoms with Crippen LogP contribution in [-0.4, -0.2) is 24.5 Å². The van der Waals surface area contributed by atoms with Gasteiger partial charge in [-0.05, 0) is 24.3 Å². The molecule has 0 N–H and O–H groups in total. The van der Waals surface area contributed by atoms with Crippen LogP contribution in [-0.2, 0) is 6.54 Å². The van der Waals surface area contributed by atoms with Gasteiger partial charge in [-0.1, -0.05) is 29.5 Å². The van der Waals surface area contributed by atoms with Crippen LogP contribution in [0.4, 0.5) is 4.39 Å². The summed E-state index contributed by atoms with van der Waals surface area (Å²) in [6.07, 6.45) is 2.89. The van der Waals surface area contributed by atoms with E-state index >= 15 is 0 Å². The van der Waals surface area contributed by atoms with E-state index in [1.807, 2.05) is 24.3 Å². The van der Waals surface area contributed by atoms with Crippen LogP contribution in [0, 0.1) is 5.82 Å². The first-order valence-electron chi connectivity index (χ1n) is 7.33. The van der Waals surface area contributed by atoms with Gasteiger partial charge in [0.15, 0.2) is 0 Å². The average molecular weight is 321 g/mol. The summed E-state index contributed by atoms with van der Waals surface area (Å²) >= 11 is 0. The molecule has 2 aromatic heterocycles. The molecule has 4 rings (SSSR count). The topological polar surface area (TPSA) is 65.6 Å². The zero-order valence-electron chi connectivity index (χ0n) is 12.5. The van der Waals surface area contributed by atoms with Gasteiger partial charge in [-0.15, -0.1) is 5.10 Å². The Labute approximate surface area is 135 Å². The van der Waals surface area contributed by atoms with Crippen molar-refractivity contribution < 1.29 is 4.39 Å². The fraction of sp³-hybridized carbons (Fsp3) is 0.0588. The van der Waals surface area contributed by atoms with E-state index in [0.717, 1.165) is 5.52 Å². The van der Waals surface area contributed by atoms with Crippen molar-refractivity contribution in [2.24, 2.45) is 0 Å².